The molecule has 2 rings (SSSR count). The topological polar surface area (TPSA) is 87.7 Å². The third-order valence-corrected chi connectivity index (χ3v) is 4.28. The molecule has 0 atom stereocenters. The quantitative estimate of drug-likeness (QED) is 0.873. The number of aryl methyl sites for hydroxylation is 2. The summed E-state index contributed by atoms with van der Waals surface area (Å²) in [6.07, 6.45) is 2.69. The van der Waals surface area contributed by atoms with E-state index in [1.807, 2.05) is 26.0 Å². The molecule has 0 aliphatic rings. The van der Waals surface area contributed by atoms with E-state index in [2.05, 4.69) is 19.9 Å². The normalized spacial score (nSPS) is 11.5. The van der Waals surface area contributed by atoms with Gasteiger partial charge in [0.25, 0.3) is 10.0 Å². The number of sulfonamides is 1. The van der Waals surface area contributed by atoms with Gasteiger partial charge in [-0.05, 0) is 30.0 Å². The molecule has 0 aliphatic carbocycles. The number of anilines is 1. The average Bonchev–Trinajstić information content (AvgIpc) is 2.90. The minimum absolute atomic E-state index is 0.115. The summed E-state index contributed by atoms with van der Waals surface area (Å²) < 4.78 is 27.1. The molecule has 0 bridgehead atoms. The van der Waals surface area contributed by atoms with E-state index in [-0.39, 0.29) is 5.95 Å². The highest BCUT2D eigenvalue weighted by Gasteiger charge is 2.19. The number of aromatic nitrogens is 3. The molecular formula is C12H16N4O2S. The number of nitrogens with one attached hydrogen (secondary N) is 2. The maximum Gasteiger partial charge on any atom is 0.264 e. The van der Waals surface area contributed by atoms with Gasteiger partial charge in [-0.2, -0.15) is 10.1 Å². The van der Waals surface area contributed by atoms with Gasteiger partial charge in [-0.1, -0.05) is 26.0 Å². The van der Waals surface area contributed by atoms with Crippen LogP contribution in [0.3, 0.4) is 0 Å². The van der Waals surface area contributed by atoms with E-state index in [0.717, 1.165) is 17.5 Å². The smallest absolute Gasteiger partial charge is 0.248 e. The monoisotopic (exact) mass is 280 g/mol. The summed E-state index contributed by atoms with van der Waals surface area (Å²) in [6.45, 7) is 3.91. The standard InChI is InChI=1S/C12H16N4O2S/c1-3-9-5-6-10(4-2)11(7-9)19(17,18)16-12-13-8-14-15-12/h5-8H,3-4H2,1-2H3,(H2,13,14,15,16). The molecule has 1 heterocycles. The van der Waals surface area contributed by atoms with Gasteiger partial charge in [0.1, 0.15) is 6.33 Å². The van der Waals surface area contributed by atoms with Gasteiger partial charge in [0.15, 0.2) is 0 Å². The van der Waals surface area contributed by atoms with Gasteiger partial charge in [-0.25, -0.2) is 18.2 Å². The second-order valence-electron chi connectivity index (χ2n) is 4.09. The van der Waals surface area contributed by atoms with Crippen LogP contribution in [0.25, 0.3) is 0 Å². The van der Waals surface area contributed by atoms with Crippen LogP contribution in [0, 0.1) is 0 Å². The SMILES string of the molecule is CCc1ccc(CC)c(S(=O)(=O)Nc2ncn[nH]2)c1. The minimum Gasteiger partial charge on any atom is -0.248 e. The van der Waals surface area contributed by atoms with Gasteiger partial charge < -0.3 is 0 Å². The highest BCUT2D eigenvalue weighted by molar-refractivity contribution is 7.92. The van der Waals surface area contributed by atoms with Crippen molar-refractivity contribution in [1.82, 2.24) is 15.2 Å². The van der Waals surface area contributed by atoms with E-state index >= 15 is 0 Å². The molecule has 0 aliphatic heterocycles. The van der Waals surface area contributed by atoms with Crippen LogP contribution in [-0.2, 0) is 22.9 Å². The Morgan fingerprint density at radius 2 is 2.05 bits per heavy atom. The highest BCUT2D eigenvalue weighted by Crippen LogP contribution is 2.20. The molecule has 0 saturated heterocycles. The predicted octanol–water partition coefficient (Wildman–Crippen LogP) is 1.73. The number of benzene rings is 1. The summed E-state index contributed by atoms with van der Waals surface area (Å²) in [5, 5.41) is 6.09. The van der Waals surface area contributed by atoms with Crippen LogP contribution in [0.4, 0.5) is 5.95 Å². The van der Waals surface area contributed by atoms with Crippen LogP contribution in [0.1, 0.15) is 25.0 Å². The van der Waals surface area contributed by atoms with Crippen molar-refractivity contribution >= 4 is 16.0 Å². The number of aromatic amines is 1. The summed E-state index contributed by atoms with van der Waals surface area (Å²) in [5.74, 6) is 0.115. The van der Waals surface area contributed by atoms with Crippen molar-refractivity contribution in [1.29, 1.82) is 0 Å². The van der Waals surface area contributed by atoms with Crippen molar-refractivity contribution in [2.24, 2.45) is 0 Å². The fraction of sp³-hybridized carbons (Fsp3) is 0.333. The van der Waals surface area contributed by atoms with Crippen LogP contribution in [0.2, 0.25) is 0 Å². The first-order valence-electron chi connectivity index (χ1n) is 6.06. The Bertz CT molecular complexity index is 650. The Balaban J connectivity index is 2.43. The molecule has 1 aromatic heterocycles. The molecule has 2 N–H and O–H groups in total. The lowest BCUT2D eigenvalue weighted by molar-refractivity contribution is 0.599. The first-order valence-corrected chi connectivity index (χ1v) is 7.55. The molecule has 19 heavy (non-hydrogen) atoms. The Hall–Kier alpha value is -1.89. The van der Waals surface area contributed by atoms with Gasteiger partial charge in [0, 0.05) is 0 Å². The number of hydrogen-bond donors (Lipinski definition) is 2. The van der Waals surface area contributed by atoms with Gasteiger partial charge in [0.2, 0.25) is 5.95 Å². The van der Waals surface area contributed by atoms with Crippen molar-refractivity contribution in [2.75, 3.05) is 4.72 Å². The summed E-state index contributed by atoms with van der Waals surface area (Å²) >= 11 is 0. The molecule has 102 valence electrons. The lowest BCUT2D eigenvalue weighted by atomic mass is 10.1. The van der Waals surface area contributed by atoms with Gasteiger partial charge in [-0.3, -0.25) is 0 Å². The predicted molar refractivity (Wildman–Crippen MR) is 72.4 cm³/mol. The van der Waals surface area contributed by atoms with E-state index in [4.69, 9.17) is 0 Å². The molecule has 0 fully saturated rings. The van der Waals surface area contributed by atoms with Gasteiger partial charge in [0.05, 0.1) is 4.90 Å². The average molecular weight is 280 g/mol. The number of H-pyrrole nitrogens is 1. The van der Waals surface area contributed by atoms with Crippen LogP contribution < -0.4 is 4.72 Å². The zero-order valence-electron chi connectivity index (χ0n) is 10.8. The second kappa shape index (κ2) is 5.40. The summed E-state index contributed by atoms with van der Waals surface area (Å²) in [6, 6.07) is 5.51. The maximum atomic E-state index is 12.3. The Morgan fingerprint density at radius 3 is 2.63 bits per heavy atom. The Labute approximate surface area is 112 Å². The van der Waals surface area contributed by atoms with E-state index in [1.54, 1.807) is 6.07 Å². The lowest BCUT2D eigenvalue weighted by Crippen LogP contribution is -2.16. The summed E-state index contributed by atoms with van der Waals surface area (Å²) in [4.78, 5) is 4.07. The largest absolute Gasteiger partial charge is 0.264 e. The molecule has 0 amide bonds. The second-order valence-corrected chi connectivity index (χ2v) is 5.74. The van der Waals surface area contributed by atoms with Crippen molar-refractivity contribution < 1.29 is 8.42 Å². The minimum atomic E-state index is -3.64. The van der Waals surface area contributed by atoms with Crippen molar-refractivity contribution in [2.45, 2.75) is 31.6 Å². The molecule has 0 unspecified atom stereocenters. The molecule has 7 heteroatoms. The van der Waals surface area contributed by atoms with E-state index < -0.39 is 10.0 Å². The first-order chi connectivity index (χ1) is 9.06. The molecule has 1 aromatic carbocycles. The molecule has 0 spiro atoms. The van der Waals surface area contributed by atoms with Gasteiger partial charge in [-0.15, -0.1) is 0 Å². The van der Waals surface area contributed by atoms with Crippen molar-refractivity contribution in [3.05, 3.63) is 35.7 Å². The third kappa shape index (κ3) is 2.93. The zero-order chi connectivity index (χ0) is 13.9. The van der Waals surface area contributed by atoms with Crippen LogP contribution in [0.5, 0.6) is 0 Å². The maximum absolute atomic E-state index is 12.3. The van der Waals surface area contributed by atoms with Crippen LogP contribution in [-0.4, -0.2) is 23.6 Å². The Kier molecular flexibility index (Phi) is 3.84. The summed E-state index contributed by atoms with van der Waals surface area (Å²) in [7, 11) is -3.64. The molecule has 0 saturated carbocycles. The van der Waals surface area contributed by atoms with Crippen molar-refractivity contribution in [3.8, 4) is 0 Å². The van der Waals surface area contributed by atoms with E-state index in [1.165, 1.54) is 6.33 Å². The molecule has 2 aromatic rings. The van der Waals surface area contributed by atoms with Crippen molar-refractivity contribution in [3.63, 3.8) is 0 Å². The molecule has 0 radical (unpaired) electrons. The number of hydrogen-bond acceptors (Lipinski definition) is 4. The van der Waals surface area contributed by atoms with E-state index in [0.29, 0.717) is 11.3 Å². The first kappa shape index (κ1) is 13.5. The Morgan fingerprint density at radius 1 is 1.26 bits per heavy atom. The van der Waals surface area contributed by atoms with E-state index in [9.17, 15) is 8.42 Å². The summed E-state index contributed by atoms with van der Waals surface area (Å²) in [5.41, 5.74) is 1.76. The fourth-order valence-corrected chi connectivity index (χ4v) is 3.12. The molecule has 6 nitrogen and oxygen atoms in total. The molecular weight excluding hydrogens is 264 g/mol. The highest BCUT2D eigenvalue weighted by atomic mass is 32.2. The third-order valence-electron chi connectivity index (χ3n) is 2.86. The van der Waals surface area contributed by atoms with Crippen LogP contribution in [0.15, 0.2) is 29.4 Å². The lowest BCUT2D eigenvalue weighted by Gasteiger charge is -2.11. The van der Waals surface area contributed by atoms with Crippen LogP contribution >= 0.6 is 0 Å². The zero-order valence-corrected chi connectivity index (χ0v) is 11.7. The number of rotatable bonds is 5. The fourth-order valence-electron chi connectivity index (χ4n) is 1.80. The van der Waals surface area contributed by atoms with Gasteiger partial charge >= 0.3 is 0 Å². The number of nitrogens with zero attached hydrogens (tertiary/aromatic N) is 2.